The molecular formula is C21H16N6O5S2. The van der Waals surface area contributed by atoms with E-state index in [1.807, 2.05) is 6.07 Å². The number of esters is 1. The third-order valence-electron chi connectivity index (χ3n) is 4.68. The molecule has 0 bridgehead atoms. The predicted molar refractivity (Wildman–Crippen MR) is 122 cm³/mol. The lowest BCUT2D eigenvalue weighted by Crippen LogP contribution is -2.13. The zero-order valence-electron chi connectivity index (χ0n) is 17.8. The normalized spacial score (nSPS) is 11.0. The van der Waals surface area contributed by atoms with Gasteiger partial charge in [0.2, 0.25) is 5.13 Å². The molecule has 172 valence electrons. The van der Waals surface area contributed by atoms with E-state index < -0.39 is 16.0 Å². The first-order valence-corrected chi connectivity index (χ1v) is 11.8. The number of hydrogen-bond donors (Lipinski definition) is 1. The number of benzene rings is 2. The van der Waals surface area contributed by atoms with Crippen molar-refractivity contribution in [1.29, 1.82) is 5.26 Å². The van der Waals surface area contributed by atoms with Gasteiger partial charge in [-0.15, -0.1) is 0 Å². The molecule has 2 aromatic heterocycles. The van der Waals surface area contributed by atoms with Crippen LogP contribution in [-0.2, 0) is 21.8 Å². The van der Waals surface area contributed by atoms with Crippen LogP contribution < -0.4 is 9.46 Å². The molecule has 0 unspecified atom stereocenters. The monoisotopic (exact) mass is 496 g/mol. The quantitative estimate of drug-likeness (QED) is 0.381. The largest absolute Gasteiger partial charge is 0.465 e. The summed E-state index contributed by atoms with van der Waals surface area (Å²) in [7, 11) is -0.970. The van der Waals surface area contributed by atoms with Gasteiger partial charge in [-0.25, -0.2) is 18.2 Å². The molecule has 2 heterocycles. The van der Waals surface area contributed by atoms with Gasteiger partial charge in [0.25, 0.3) is 10.0 Å². The zero-order valence-corrected chi connectivity index (χ0v) is 19.4. The van der Waals surface area contributed by atoms with Crippen molar-refractivity contribution >= 4 is 32.7 Å². The molecule has 1 N–H and O–H groups in total. The van der Waals surface area contributed by atoms with Gasteiger partial charge >= 0.3 is 5.97 Å². The molecule has 0 radical (unpaired) electrons. The van der Waals surface area contributed by atoms with Crippen molar-refractivity contribution in [1.82, 2.24) is 19.1 Å². The van der Waals surface area contributed by atoms with E-state index in [4.69, 9.17) is 9.47 Å². The number of carbonyl (C=O) groups excluding carboxylic acids is 1. The van der Waals surface area contributed by atoms with Gasteiger partial charge in [-0.3, -0.25) is 9.40 Å². The number of carbonyl (C=O) groups is 1. The van der Waals surface area contributed by atoms with Crippen molar-refractivity contribution in [3.63, 3.8) is 0 Å². The third kappa shape index (κ3) is 4.58. The Labute approximate surface area is 198 Å². The first-order chi connectivity index (χ1) is 16.3. The minimum atomic E-state index is -3.98. The van der Waals surface area contributed by atoms with Crippen LogP contribution in [0.2, 0.25) is 0 Å². The van der Waals surface area contributed by atoms with Crippen LogP contribution >= 0.6 is 11.5 Å². The molecule has 4 rings (SSSR count). The van der Waals surface area contributed by atoms with Crippen LogP contribution in [0, 0.1) is 11.3 Å². The van der Waals surface area contributed by atoms with Crippen molar-refractivity contribution in [2.45, 2.75) is 4.90 Å². The Bertz CT molecular complexity index is 1510. The lowest BCUT2D eigenvalue weighted by molar-refractivity contribution is 0.0600. The van der Waals surface area contributed by atoms with Gasteiger partial charge in [0.05, 0.1) is 28.8 Å². The van der Waals surface area contributed by atoms with E-state index in [0.29, 0.717) is 22.6 Å². The van der Waals surface area contributed by atoms with E-state index >= 15 is 0 Å². The van der Waals surface area contributed by atoms with E-state index in [1.165, 1.54) is 37.7 Å². The highest BCUT2D eigenvalue weighted by Crippen LogP contribution is 2.36. The van der Waals surface area contributed by atoms with Crippen molar-refractivity contribution in [3.8, 4) is 28.8 Å². The number of hydrogen-bond acceptors (Lipinski definition) is 10. The smallest absolute Gasteiger partial charge is 0.337 e. The number of anilines is 1. The Kier molecular flexibility index (Phi) is 6.26. The molecule has 11 nitrogen and oxygen atoms in total. The van der Waals surface area contributed by atoms with Gasteiger partial charge in [0.15, 0.2) is 0 Å². The Balaban J connectivity index is 1.72. The summed E-state index contributed by atoms with van der Waals surface area (Å²) in [6.45, 7) is 0. The van der Waals surface area contributed by atoms with E-state index in [1.54, 1.807) is 36.1 Å². The molecule has 0 saturated heterocycles. The summed E-state index contributed by atoms with van der Waals surface area (Å²) in [5, 5.41) is 13.9. The predicted octanol–water partition coefficient (Wildman–Crippen LogP) is 3.19. The molecule has 0 saturated carbocycles. The number of nitrogens with one attached hydrogen (secondary N) is 1. The number of aryl methyl sites for hydroxylation is 1. The summed E-state index contributed by atoms with van der Waals surface area (Å²) in [4.78, 5) is 15.7. The number of methoxy groups -OCH3 is 1. The Morgan fingerprint density at radius 2 is 1.97 bits per heavy atom. The highest BCUT2D eigenvalue weighted by Gasteiger charge is 2.20. The molecule has 34 heavy (non-hydrogen) atoms. The number of ether oxygens (including phenoxy) is 2. The third-order valence-corrected chi connectivity index (χ3v) is 6.73. The zero-order chi connectivity index (χ0) is 24.3. The second-order valence-electron chi connectivity index (χ2n) is 6.77. The molecule has 0 aliphatic carbocycles. The average Bonchev–Trinajstić information content (AvgIpc) is 3.50. The molecule has 4 aromatic rings. The van der Waals surface area contributed by atoms with Crippen LogP contribution in [0.25, 0.3) is 11.3 Å². The van der Waals surface area contributed by atoms with Crippen LogP contribution in [0.3, 0.4) is 0 Å². The molecule has 0 atom stereocenters. The van der Waals surface area contributed by atoms with Gasteiger partial charge in [0.1, 0.15) is 23.9 Å². The van der Waals surface area contributed by atoms with E-state index in [2.05, 4.69) is 19.2 Å². The average molecular weight is 497 g/mol. The molecule has 0 aliphatic rings. The van der Waals surface area contributed by atoms with Crippen LogP contribution in [0.4, 0.5) is 5.13 Å². The number of nitriles is 1. The maximum Gasteiger partial charge on any atom is 0.337 e. The molecule has 2 aromatic carbocycles. The van der Waals surface area contributed by atoms with E-state index in [9.17, 15) is 18.5 Å². The second kappa shape index (κ2) is 9.30. The van der Waals surface area contributed by atoms with Crippen LogP contribution in [-0.4, -0.2) is 40.6 Å². The SMILES string of the molecule is COC(=O)c1ccc(Oc2ccc(S(=O)(=O)Nc3ncns3)cc2C#N)c(-c2ccnn2C)c1. The highest BCUT2D eigenvalue weighted by atomic mass is 32.2. The fourth-order valence-electron chi connectivity index (χ4n) is 3.07. The van der Waals surface area contributed by atoms with Crippen molar-refractivity contribution in [3.05, 3.63) is 66.1 Å². The van der Waals surface area contributed by atoms with E-state index in [-0.39, 0.29) is 21.3 Å². The van der Waals surface area contributed by atoms with Crippen molar-refractivity contribution in [2.75, 3.05) is 11.8 Å². The number of nitrogens with zero attached hydrogens (tertiary/aromatic N) is 5. The molecule has 0 spiro atoms. The summed E-state index contributed by atoms with van der Waals surface area (Å²) in [5.41, 5.74) is 1.48. The maximum absolute atomic E-state index is 12.6. The lowest BCUT2D eigenvalue weighted by Gasteiger charge is -2.14. The summed E-state index contributed by atoms with van der Waals surface area (Å²) in [6, 6.07) is 12.3. The fraction of sp³-hybridized carbons (Fsp3) is 0.0952. The first-order valence-electron chi connectivity index (χ1n) is 9.54. The Hall–Kier alpha value is -4.28. The van der Waals surface area contributed by atoms with Gasteiger partial charge in [0, 0.05) is 30.3 Å². The van der Waals surface area contributed by atoms with Gasteiger partial charge in [-0.1, -0.05) is 0 Å². The van der Waals surface area contributed by atoms with Crippen molar-refractivity contribution in [2.24, 2.45) is 7.05 Å². The van der Waals surface area contributed by atoms with Crippen LogP contribution in [0.15, 0.2) is 59.9 Å². The number of rotatable bonds is 7. The molecule has 0 aliphatic heterocycles. The molecule has 0 fully saturated rings. The minimum absolute atomic E-state index is 0.00635. The second-order valence-corrected chi connectivity index (χ2v) is 9.23. The van der Waals surface area contributed by atoms with Gasteiger partial charge < -0.3 is 9.47 Å². The highest BCUT2D eigenvalue weighted by molar-refractivity contribution is 7.93. The lowest BCUT2D eigenvalue weighted by atomic mass is 10.1. The molecule has 13 heteroatoms. The number of sulfonamides is 1. The van der Waals surface area contributed by atoms with Crippen molar-refractivity contribution < 1.29 is 22.7 Å². The maximum atomic E-state index is 12.6. The van der Waals surface area contributed by atoms with E-state index in [0.717, 1.165) is 11.5 Å². The van der Waals surface area contributed by atoms with Gasteiger partial charge in [-0.2, -0.15) is 14.7 Å². The summed E-state index contributed by atoms with van der Waals surface area (Å²) in [6.07, 6.45) is 2.82. The fourth-order valence-corrected chi connectivity index (χ4v) is 4.75. The Morgan fingerprint density at radius 1 is 1.18 bits per heavy atom. The van der Waals surface area contributed by atoms with Crippen LogP contribution in [0.1, 0.15) is 15.9 Å². The summed E-state index contributed by atoms with van der Waals surface area (Å²) in [5.74, 6) is -0.0629. The molecular weight excluding hydrogens is 480 g/mol. The Morgan fingerprint density at radius 3 is 2.62 bits per heavy atom. The minimum Gasteiger partial charge on any atom is -0.465 e. The molecule has 0 amide bonds. The van der Waals surface area contributed by atoms with Crippen LogP contribution in [0.5, 0.6) is 11.5 Å². The number of aromatic nitrogens is 4. The summed E-state index contributed by atoms with van der Waals surface area (Å²) < 4.78 is 43.7. The standard InChI is InChI=1S/C21H16N6O5S2/c1-27-17(7-8-24-27)16-10-13(20(28)31-2)3-5-19(16)32-18-6-4-15(9-14(18)11-22)34(29,30)26-21-23-12-25-33-21/h3-10,12H,1-2H3,(H,23,25,26). The summed E-state index contributed by atoms with van der Waals surface area (Å²) >= 11 is 0.884. The topological polar surface area (TPSA) is 149 Å². The first kappa shape index (κ1) is 22.9. The van der Waals surface area contributed by atoms with Gasteiger partial charge in [-0.05, 0) is 42.5 Å².